The number of pyridine rings is 1. The summed E-state index contributed by atoms with van der Waals surface area (Å²) in [5.41, 5.74) is 1.29. The zero-order valence-corrected chi connectivity index (χ0v) is 11.4. The third-order valence-corrected chi connectivity index (χ3v) is 2.92. The van der Waals surface area contributed by atoms with Crippen LogP contribution in [-0.2, 0) is 11.8 Å². The average molecular weight is 277 g/mol. The first-order valence-corrected chi connectivity index (χ1v) is 6.09. The van der Waals surface area contributed by atoms with Crippen molar-refractivity contribution in [3.63, 3.8) is 0 Å². The SMILES string of the molecule is CC(C)[C@H](NC(=O)c1cnc2c(c1)nnn2C)C(=O)O. The Hall–Kier alpha value is -2.51. The number of hydrogen-bond donors (Lipinski definition) is 2. The molecule has 20 heavy (non-hydrogen) atoms. The second-order valence-electron chi connectivity index (χ2n) is 4.81. The number of carboxylic acid groups (broad SMARTS) is 1. The van der Waals surface area contributed by atoms with Crippen molar-refractivity contribution in [1.82, 2.24) is 25.3 Å². The van der Waals surface area contributed by atoms with E-state index in [2.05, 4.69) is 20.6 Å². The summed E-state index contributed by atoms with van der Waals surface area (Å²) in [5, 5.41) is 19.2. The Morgan fingerprint density at radius 2 is 2.10 bits per heavy atom. The zero-order chi connectivity index (χ0) is 14.9. The maximum absolute atomic E-state index is 12.0. The molecule has 0 saturated heterocycles. The van der Waals surface area contributed by atoms with Crippen LogP contribution in [0.1, 0.15) is 24.2 Å². The minimum atomic E-state index is -1.07. The van der Waals surface area contributed by atoms with Crippen LogP contribution >= 0.6 is 0 Å². The molecule has 0 saturated carbocycles. The molecule has 0 fully saturated rings. The molecular weight excluding hydrogens is 262 g/mol. The van der Waals surface area contributed by atoms with Gasteiger partial charge in [0, 0.05) is 13.2 Å². The highest BCUT2D eigenvalue weighted by Crippen LogP contribution is 2.10. The maximum atomic E-state index is 12.0. The van der Waals surface area contributed by atoms with Crippen LogP contribution < -0.4 is 5.32 Å². The Bertz CT molecular complexity index is 664. The van der Waals surface area contributed by atoms with Crippen molar-refractivity contribution in [3.05, 3.63) is 17.8 Å². The molecule has 0 aliphatic carbocycles. The average Bonchev–Trinajstić information content (AvgIpc) is 2.76. The fraction of sp³-hybridized carbons (Fsp3) is 0.417. The summed E-state index contributed by atoms with van der Waals surface area (Å²) in [5.74, 6) is -1.78. The van der Waals surface area contributed by atoms with Crippen LogP contribution in [0.2, 0.25) is 0 Å². The quantitative estimate of drug-likeness (QED) is 0.826. The second-order valence-corrected chi connectivity index (χ2v) is 4.81. The van der Waals surface area contributed by atoms with Crippen LogP contribution in [0.3, 0.4) is 0 Å². The molecule has 0 spiro atoms. The largest absolute Gasteiger partial charge is 0.480 e. The molecule has 1 atom stereocenters. The van der Waals surface area contributed by atoms with Crippen LogP contribution in [-0.4, -0.2) is 43.0 Å². The molecule has 0 aliphatic heterocycles. The second kappa shape index (κ2) is 5.24. The molecule has 0 radical (unpaired) electrons. The molecule has 2 aromatic rings. The van der Waals surface area contributed by atoms with Crippen molar-refractivity contribution >= 4 is 23.0 Å². The summed E-state index contributed by atoms with van der Waals surface area (Å²) in [6, 6.07) is 0.587. The normalized spacial score (nSPS) is 12.6. The van der Waals surface area contributed by atoms with Crippen LogP contribution in [0.15, 0.2) is 12.3 Å². The number of aryl methyl sites for hydroxylation is 1. The van der Waals surface area contributed by atoms with Crippen LogP contribution in [0.25, 0.3) is 11.2 Å². The first-order chi connectivity index (χ1) is 9.40. The maximum Gasteiger partial charge on any atom is 0.326 e. The van der Waals surface area contributed by atoms with E-state index in [0.29, 0.717) is 11.2 Å². The highest BCUT2D eigenvalue weighted by molar-refractivity contribution is 5.98. The molecule has 2 N–H and O–H groups in total. The summed E-state index contributed by atoms with van der Waals surface area (Å²) in [6.07, 6.45) is 1.38. The Morgan fingerprint density at radius 1 is 1.40 bits per heavy atom. The monoisotopic (exact) mass is 277 g/mol. The first-order valence-electron chi connectivity index (χ1n) is 6.09. The number of amides is 1. The van der Waals surface area contributed by atoms with Crippen molar-refractivity contribution in [2.75, 3.05) is 0 Å². The lowest BCUT2D eigenvalue weighted by molar-refractivity contribution is -0.140. The van der Waals surface area contributed by atoms with Gasteiger partial charge in [0.2, 0.25) is 0 Å². The Kier molecular flexibility index (Phi) is 3.64. The fourth-order valence-corrected chi connectivity index (χ4v) is 1.79. The van der Waals surface area contributed by atoms with E-state index in [1.165, 1.54) is 16.9 Å². The highest BCUT2D eigenvalue weighted by Gasteiger charge is 2.24. The van der Waals surface area contributed by atoms with Gasteiger partial charge in [-0.25, -0.2) is 14.5 Å². The lowest BCUT2D eigenvalue weighted by Gasteiger charge is -2.17. The summed E-state index contributed by atoms with van der Waals surface area (Å²) in [4.78, 5) is 27.2. The number of fused-ring (bicyclic) bond motifs is 1. The molecule has 0 bridgehead atoms. The number of aromatic nitrogens is 4. The Balaban J connectivity index is 2.24. The molecule has 0 aliphatic rings. The number of carbonyl (C=O) groups excluding carboxylic acids is 1. The molecule has 106 valence electrons. The van der Waals surface area contributed by atoms with Crippen molar-refractivity contribution in [2.24, 2.45) is 13.0 Å². The Labute approximate surface area is 114 Å². The lowest BCUT2D eigenvalue weighted by Crippen LogP contribution is -2.44. The smallest absolute Gasteiger partial charge is 0.326 e. The van der Waals surface area contributed by atoms with Crippen LogP contribution in [0, 0.1) is 5.92 Å². The van der Waals surface area contributed by atoms with E-state index in [4.69, 9.17) is 5.11 Å². The summed E-state index contributed by atoms with van der Waals surface area (Å²) in [6.45, 7) is 3.45. The molecule has 1 amide bonds. The van der Waals surface area contributed by atoms with Gasteiger partial charge in [-0.15, -0.1) is 5.10 Å². The van der Waals surface area contributed by atoms with Crippen molar-refractivity contribution in [1.29, 1.82) is 0 Å². The first kappa shape index (κ1) is 13.9. The van der Waals surface area contributed by atoms with Crippen molar-refractivity contribution in [2.45, 2.75) is 19.9 Å². The molecule has 2 rings (SSSR count). The van der Waals surface area contributed by atoms with Gasteiger partial charge in [0.15, 0.2) is 5.65 Å². The molecule has 2 heterocycles. The summed E-state index contributed by atoms with van der Waals surface area (Å²) < 4.78 is 1.49. The predicted molar refractivity (Wildman–Crippen MR) is 70.0 cm³/mol. The van der Waals surface area contributed by atoms with E-state index < -0.39 is 17.9 Å². The third kappa shape index (κ3) is 2.58. The highest BCUT2D eigenvalue weighted by atomic mass is 16.4. The number of aliphatic carboxylic acids is 1. The lowest BCUT2D eigenvalue weighted by atomic mass is 10.0. The van der Waals surface area contributed by atoms with Gasteiger partial charge in [-0.2, -0.15) is 0 Å². The van der Waals surface area contributed by atoms with E-state index >= 15 is 0 Å². The molecule has 8 nitrogen and oxygen atoms in total. The summed E-state index contributed by atoms with van der Waals surface area (Å²) in [7, 11) is 1.70. The number of carboxylic acids is 1. The van der Waals surface area contributed by atoms with E-state index in [-0.39, 0.29) is 11.5 Å². The van der Waals surface area contributed by atoms with E-state index in [0.717, 1.165) is 0 Å². The van der Waals surface area contributed by atoms with Crippen molar-refractivity contribution in [3.8, 4) is 0 Å². The van der Waals surface area contributed by atoms with Crippen LogP contribution in [0.4, 0.5) is 0 Å². The minimum absolute atomic E-state index is 0.218. The minimum Gasteiger partial charge on any atom is -0.480 e. The van der Waals surface area contributed by atoms with E-state index in [1.54, 1.807) is 20.9 Å². The number of nitrogens with zero attached hydrogens (tertiary/aromatic N) is 4. The van der Waals surface area contributed by atoms with Crippen LogP contribution in [0.5, 0.6) is 0 Å². The predicted octanol–water partition coefficient (Wildman–Crippen LogP) is 0.202. The molecule has 0 unspecified atom stereocenters. The van der Waals surface area contributed by atoms with Gasteiger partial charge in [-0.3, -0.25) is 4.79 Å². The van der Waals surface area contributed by atoms with Gasteiger partial charge >= 0.3 is 5.97 Å². The van der Waals surface area contributed by atoms with Gasteiger partial charge in [0.1, 0.15) is 11.6 Å². The molecule has 8 heteroatoms. The number of carbonyl (C=O) groups is 2. The number of hydrogen-bond acceptors (Lipinski definition) is 5. The fourth-order valence-electron chi connectivity index (χ4n) is 1.79. The molecule has 0 aromatic carbocycles. The van der Waals surface area contributed by atoms with E-state index in [9.17, 15) is 9.59 Å². The Morgan fingerprint density at radius 3 is 2.70 bits per heavy atom. The standard InChI is InChI=1S/C12H15N5O3/c1-6(2)9(12(19)20)14-11(18)7-4-8-10(13-5-7)17(3)16-15-8/h4-6,9H,1-3H3,(H,14,18)(H,19,20)/t9-/m0/s1. The number of rotatable bonds is 4. The summed E-state index contributed by atoms with van der Waals surface area (Å²) >= 11 is 0. The van der Waals surface area contributed by atoms with Crippen molar-refractivity contribution < 1.29 is 14.7 Å². The number of nitrogens with one attached hydrogen (secondary N) is 1. The van der Waals surface area contributed by atoms with Gasteiger partial charge in [-0.05, 0) is 12.0 Å². The molecular formula is C12H15N5O3. The third-order valence-electron chi connectivity index (χ3n) is 2.92. The van der Waals surface area contributed by atoms with Gasteiger partial charge in [0.05, 0.1) is 5.56 Å². The van der Waals surface area contributed by atoms with Gasteiger partial charge in [-0.1, -0.05) is 19.1 Å². The van der Waals surface area contributed by atoms with E-state index in [1.807, 2.05) is 0 Å². The topological polar surface area (TPSA) is 110 Å². The van der Waals surface area contributed by atoms with Gasteiger partial charge < -0.3 is 10.4 Å². The zero-order valence-electron chi connectivity index (χ0n) is 11.4. The molecule has 2 aromatic heterocycles. The van der Waals surface area contributed by atoms with Gasteiger partial charge in [0.25, 0.3) is 5.91 Å².